The number of fused-ring (bicyclic) bond motifs is 1. The van der Waals surface area contributed by atoms with Gasteiger partial charge >= 0.3 is 0 Å². The first kappa shape index (κ1) is 19.9. The number of rotatable bonds is 5. The van der Waals surface area contributed by atoms with Crippen LogP contribution in [-0.2, 0) is 11.3 Å². The van der Waals surface area contributed by atoms with Crippen molar-refractivity contribution in [2.75, 3.05) is 64.0 Å². The summed E-state index contributed by atoms with van der Waals surface area (Å²) in [6, 6.07) is 2.71. The second-order valence-corrected chi connectivity index (χ2v) is 9.74. The summed E-state index contributed by atoms with van der Waals surface area (Å²) in [5, 5.41) is 10.2. The topological polar surface area (TPSA) is 65.0 Å². The Morgan fingerprint density at radius 1 is 1.17 bits per heavy atom. The Labute approximate surface area is 180 Å². The molecule has 7 nitrogen and oxygen atoms in total. The lowest BCUT2D eigenvalue weighted by molar-refractivity contribution is -0.00293. The number of thiophene rings is 1. The number of morpholine rings is 1. The highest BCUT2D eigenvalue weighted by Gasteiger charge is 2.35. The highest BCUT2D eigenvalue weighted by Crippen LogP contribution is 2.35. The number of likely N-dealkylation sites (tertiary alicyclic amines) is 2. The van der Waals surface area contributed by atoms with Gasteiger partial charge in [0.15, 0.2) is 5.82 Å². The average molecular weight is 438 g/mol. The third kappa shape index (κ3) is 4.11. The van der Waals surface area contributed by atoms with E-state index in [1.54, 1.807) is 11.3 Å². The SMILES string of the molecule is OC[C@H]1CN(Cc2cc3nc(Cl)nc(N4CCOCC4)c3s2)CC[C@@H]1N1CCC1. The number of piperidine rings is 1. The summed E-state index contributed by atoms with van der Waals surface area (Å²) in [6.07, 6.45) is 2.44. The fourth-order valence-corrected chi connectivity index (χ4v) is 6.12. The second kappa shape index (κ2) is 8.61. The highest BCUT2D eigenvalue weighted by molar-refractivity contribution is 7.19. The highest BCUT2D eigenvalue weighted by atomic mass is 35.5. The standard InChI is InChI=1S/C20H28ClN5O2S/c21-20-22-16-10-15(29-18(16)19(23-20)26-6-8-28-9-7-26)12-24-5-2-17(14(11-24)13-27)25-3-1-4-25/h10,14,17,27H,1-9,11-13H2/t14-,17+/m1/s1. The van der Waals surface area contributed by atoms with Crippen LogP contribution in [0, 0.1) is 5.92 Å². The number of anilines is 1. The summed E-state index contributed by atoms with van der Waals surface area (Å²) in [6.45, 7) is 8.68. The number of ether oxygens (including phenoxy) is 1. The Hall–Kier alpha value is -1.03. The molecule has 0 bridgehead atoms. The van der Waals surface area contributed by atoms with Crippen LogP contribution in [0.2, 0.25) is 5.28 Å². The lowest BCUT2D eigenvalue weighted by Gasteiger charge is -2.47. The summed E-state index contributed by atoms with van der Waals surface area (Å²) in [5.41, 5.74) is 0.931. The van der Waals surface area contributed by atoms with E-state index in [0.717, 1.165) is 68.4 Å². The van der Waals surface area contributed by atoms with E-state index in [-0.39, 0.29) is 6.61 Å². The fourth-order valence-electron chi connectivity index (χ4n) is 4.80. The van der Waals surface area contributed by atoms with Gasteiger partial charge in [-0.2, -0.15) is 4.98 Å². The molecule has 0 aliphatic carbocycles. The molecule has 3 fully saturated rings. The van der Waals surface area contributed by atoms with Gasteiger partial charge in [-0.15, -0.1) is 11.3 Å². The molecular weight excluding hydrogens is 410 g/mol. The van der Waals surface area contributed by atoms with Gasteiger partial charge in [0, 0.05) is 56.2 Å². The molecule has 9 heteroatoms. The van der Waals surface area contributed by atoms with Crippen molar-refractivity contribution in [1.29, 1.82) is 0 Å². The molecule has 0 amide bonds. The van der Waals surface area contributed by atoms with E-state index in [0.29, 0.717) is 17.2 Å². The van der Waals surface area contributed by atoms with E-state index in [9.17, 15) is 5.11 Å². The third-order valence-corrected chi connectivity index (χ3v) is 7.71. The lowest BCUT2D eigenvalue weighted by atomic mass is 9.89. The number of hydrogen-bond acceptors (Lipinski definition) is 8. The molecule has 2 aromatic rings. The molecule has 0 aromatic carbocycles. The number of hydrogen-bond donors (Lipinski definition) is 1. The number of halogens is 1. The van der Waals surface area contributed by atoms with E-state index in [1.807, 2.05) is 0 Å². The first-order valence-electron chi connectivity index (χ1n) is 10.6. The van der Waals surface area contributed by atoms with Crippen LogP contribution in [0.4, 0.5) is 5.82 Å². The average Bonchev–Trinajstić information content (AvgIpc) is 3.09. The van der Waals surface area contributed by atoms with Gasteiger partial charge in [0.1, 0.15) is 0 Å². The largest absolute Gasteiger partial charge is 0.396 e. The number of aliphatic hydroxyl groups excluding tert-OH is 1. The Balaban J connectivity index is 1.33. The Kier molecular flexibility index (Phi) is 5.91. The zero-order valence-corrected chi connectivity index (χ0v) is 18.2. The van der Waals surface area contributed by atoms with Crippen molar-refractivity contribution >= 4 is 39.0 Å². The molecule has 0 saturated carbocycles. The van der Waals surface area contributed by atoms with E-state index in [4.69, 9.17) is 16.3 Å². The van der Waals surface area contributed by atoms with Crippen molar-refractivity contribution in [2.45, 2.75) is 25.4 Å². The minimum Gasteiger partial charge on any atom is -0.396 e. The van der Waals surface area contributed by atoms with Crippen LogP contribution in [0.1, 0.15) is 17.7 Å². The zero-order chi connectivity index (χ0) is 19.8. The molecule has 0 spiro atoms. The maximum Gasteiger partial charge on any atom is 0.224 e. The fraction of sp³-hybridized carbons (Fsp3) is 0.700. The summed E-state index contributed by atoms with van der Waals surface area (Å²) < 4.78 is 6.59. The van der Waals surface area contributed by atoms with Gasteiger partial charge < -0.3 is 14.7 Å². The Morgan fingerprint density at radius 3 is 2.72 bits per heavy atom. The molecule has 29 heavy (non-hydrogen) atoms. The molecule has 3 aliphatic heterocycles. The summed E-state index contributed by atoms with van der Waals surface area (Å²) in [7, 11) is 0. The van der Waals surface area contributed by atoms with Crippen LogP contribution in [0.3, 0.4) is 0 Å². The van der Waals surface area contributed by atoms with Crippen molar-refractivity contribution < 1.29 is 9.84 Å². The van der Waals surface area contributed by atoms with Gasteiger partial charge in [-0.05, 0) is 43.6 Å². The first-order chi connectivity index (χ1) is 14.2. The van der Waals surface area contributed by atoms with Gasteiger partial charge in [0.25, 0.3) is 0 Å². The van der Waals surface area contributed by atoms with Crippen molar-refractivity contribution in [3.05, 3.63) is 16.2 Å². The van der Waals surface area contributed by atoms with Crippen molar-refractivity contribution in [3.63, 3.8) is 0 Å². The van der Waals surface area contributed by atoms with Gasteiger partial charge in [0.05, 0.1) is 23.4 Å². The van der Waals surface area contributed by atoms with Crippen molar-refractivity contribution in [1.82, 2.24) is 19.8 Å². The molecule has 2 atom stereocenters. The van der Waals surface area contributed by atoms with Crippen LogP contribution in [0.5, 0.6) is 0 Å². The van der Waals surface area contributed by atoms with E-state index in [2.05, 4.69) is 30.7 Å². The molecule has 2 aromatic heterocycles. The Morgan fingerprint density at radius 2 is 2.00 bits per heavy atom. The van der Waals surface area contributed by atoms with Gasteiger partial charge in [-0.25, -0.2) is 4.98 Å². The van der Waals surface area contributed by atoms with Crippen LogP contribution in [-0.4, -0.2) is 90.0 Å². The molecule has 0 unspecified atom stereocenters. The molecule has 3 saturated heterocycles. The smallest absolute Gasteiger partial charge is 0.224 e. The number of nitrogens with zero attached hydrogens (tertiary/aromatic N) is 5. The van der Waals surface area contributed by atoms with Crippen molar-refractivity contribution in [3.8, 4) is 0 Å². The van der Waals surface area contributed by atoms with E-state index < -0.39 is 0 Å². The van der Waals surface area contributed by atoms with Crippen LogP contribution in [0.15, 0.2) is 6.07 Å². The molecule has 5 heterocycles. The molecule has 0 radical (unpaired) electrons. The lowest BCUT2D eigenvalue weighted by Crippen LogP contribution is -2.55. The maximum absolute atomic E-state index is 9.94. The van der Waals surface area contributed by atoms with Crippen LogP contribution < -0.4 is 4.90 Å². The van der Waals surface area contributed by atoms with Gasteiger partial charge in [-0.1, -0.05) is 0 Å². The Bertz CT molecular complexity index is 855. The quantitative estimate of drug-likeness (QED) is 0.718. The predicted molar refractivity (Wildman–Crippen MR) is 116 cm³/mol. The normalized spacial score (nSPS) is 26.8. The van der Waals surface area contributed by atoms with Gasteiger partial charge in [-0.3, -0.25) is 9.80 Å². The predicted octanol–water partition coefficient (Wildman–Crippen LogP) is 2.07. The number of aliphatic hydroxyl groups is 1. The first-order valence-corrected chi connectivity index (χ1v) is 11.8. The summed E-state index contributed by atoms with van der Waals surface area (Å²) in [4.78, 5) is 17.6. The number of aromatic nitrogens is 2. The third-order valence-electron chi connectivity index (χ3n) is 6.44. The summed E-state index contributed by atoms with van der Waals surface area (Å²) >= 11 is 8.00. The summed E-state index contributed by atoms with van der Waals surface area (Å²) in [5.74, 6) is 1.28. The molecule has 3 aliphatic rings. The van der Waals surface area contributed by atoms with E-state index in [1.165, 1.54) is 24.4 Å². The minimum absolute atomic E-state index is 0.270. The van der Waals surface area contributed by atoms with Crippen molar-refractivity contribution in [2.24, 2.45) is 5.92 Å². The zero-order valence-electron chi connectivity index (χ0n) is 16.6. The van der Waals surface area contributed by atoms with Crippen LogP contribution >= 0.6 is 22.9 Å². The van der Waals surface area contributed by atoms with E-state index >= 15 is 0 Å². The molecule has 5 rings (SSSR count). The second-order valence-electron chi connectivity index (χ2n) is 8.27. The van der Waals surface area contributed by atoms with Crippen LogP contribution in [0.25, 0.3) is 10.2 Å². The minimum atomic E-state index is 0.270. The maximum atomic E-state index is 9.94. The monoisotopic (exact) mass is 437 g/mol. The molecule has 158 valence electrons. The molecule has 1 N–H and O–H groups in total. The van der Waals surface area contributed by atoms with Gasteiger partial charge in [0.2, 0.25) is 5.28 Å². The molecular formula is C20H28ClN5O2S.